The first-order valence-corrected chi connectivity index (χ1v) is 7.89. The Hall–Kier alpha value is -1.71. The Kier molecular flexibility index (Phi) is 4.86. The van der Waals surface area contributed by atoms with Gasteiger partial charge in [0.2, 0.25) is 0 Å². The summed E-state index contributed by atoms with van der Waals surface area (Å²) in [6, 6.07) is 8.03. The molecule has 0 saturated carbocycles. The summed E-state index contributed by atoms with van der Waals surface area (Å²) in [5, 5.41) is 0. The molecule has 0 bridgehead atoms. The Morgan fingerprint density at radius 1 is 1.32 bits per heavy atom. The summed E-state index contributed by atoms with van der Waals surface area (Å²) in [6.07, 6.45) is 1.58. The van der Waals surface area contributed by atoms with Crippen LogP contribution in [0.4, 0.5) is 4.79 Å². The number of para-hydroxylation sites is 1. The van der Waals surface area contributed by atoms with Crippen LogP contribution in [0.3, 0.4) is 0 Å². The summed E-state index contributed by atoms with van der Waals surface area (Å²) in [5.74, 6) is 1.26. The molecule has 0 spiro atoms. The van der Waals surface area contributed by atoms with Gasteiger partial charge in [0.25, 0.3) is 0 Å². The number of ether oxygens (including phenoxy) is 2. The minimum atomic E-state index is -0.454. The van der Waals surface area contributed by atoms with Gasteiger partial charge in [-0.3, -0.25) is 0 Å². The van der Waals surface area contributed by atoms with Crippen LogP contribution in [0.2, 0.25) is 0 Å². The molecular weight excluding hydrogens is 278 g/mol. The predicted molar refractivity (Wildman–Crippen MR) is 87.4 cm³/mol. The van der Waals surface area contributed by atoms with E-state index in [1.165, 1.54) is 5.56 Å². The van der Waals surface area contributed by atoms with Gasteiger partial charge in [-0.2, -0.15) is 0 Å². The standard InChI is InChI=1S/C18H27NO3/c1-5-21-16-9-7-6-8-15(16)14-10-12-19(13-11-14)17(20)22-18(2,3)4/h6-9,14H,5,10-13H2,1-4H3/i1T. The first-order valence-electron chi connectivity index (χ1n) is 8.60. The third-order valence-corrected chi connectivity index (χ3v) is 3.76. The summed E-state index contributed by atoms with van der Waals surface area (Å²) in [7, 11) is 0. The maximum Gasteiger partial charge on any atom is 0.410 e. The van der Waals surface area contributed by atoms with Crippen molar-refractivity contribution in [2.24, 2.45) is 0 Å². The summed E-state index contributed by atoms with van der Waals surface area (Å²) in [6.45, 7) is 7.73. The van der Waals surface area contributed by atoms with E-state index in [-0.39, 0.29) is 13.0 Å². The van der Waals surface area contributed by atoms with Crippen LogP contribution < -0.4 is 4.74 Å². The first-order chi connectivity index (χ1) is 10.9. The number of carbonyl (C=O) groups is 1. The van der Waals surface area contributed by atoms with Gasteiger partial charge in [0.1, 0.15) is 11.4 Å². The zero-order valence-corrected chi connectivity index (χ0v) is 13.8. The summed E-state index contributed by atoms with van der Waals surface area (Å²) < 4.78 is 18.4. The average Bonchev–Trinajstić information content (AvgIpc) is 2.52. The lowest BCUT2D eigenvalue weighted by atomic mass is 9.89. The van der Waals surface area contributed by atoms with Crippen LogP contribution in [0.25, 0.3) is 0 Å². The molecule has 122 valence electrons. The van der Waals surface area contributed by atoms with Crippen LogP contribution in [-0.2, 0) is 4.74 Å². The lowest BCUT2D eigenvalue weighted by Crippen LogP contribution is -2.41. The minimum absolute atomic E-state index is 0.227. The van der Waals surface area contributed by atoms with E-state index in [1.54, 1.807) is 4.90 Å². The second kappa shape index (κ2) is 7.03. The molecule has 2 rings (SSSR count). The molecule has 1 saturated heterocycles. The number of carbonyl (C=O) groups excluding carboxylic acids is 1. The molecule has 0 N–H and O–H groups in total. The smallest absolute Gasteiger partial charge is 0.410 e. The molecule has 1 aromatic rings. The molecule has 1 aliphatic rings. The van der Waals surface area contributed by atoms with Gasteiger partial charge in [-0.05, 0) is 58.1 Å². The number of likely N-dealkylation sites (tertiary alicyclic amines) is 1. The maximum absolute atomic E-state index is 12.1. The van der Waals surface area contributed by atoms with Crippen molar-refractivity contribution in [3.05, 3.63) is 29.8 Å². The maximum atomic E-state index is 12.1. The second-order valence-electron chi connectivity index (χ2n) is 6.63. The van der Waals surface area contributed by atoms with Crippen molar-refractivity contribution in [1.29, 1.82) is 0 Å². The van der Waals surface area contributed by atoms with Gasteiger partial charge in [-0.1, -0.05) is 18.2 Å². The van der Waals surface area contributed by atoms with Gasteiger partial charge in [-0.15, -0.1) is 0 Å². The van der Waals surface area contributed by atoms with Crippen LogP contribution in [0.15, 0.2) is 24.3 Å². The predicted octanol–water partition coefficient (Wildman–Crippen LogP) is 4.20. The lowest BCUT2D eigenvalue weighted by molar-refractivity contribution is 0.0204. The largest absolute Gasteiger partial charge is 0.494 e. The van der Waals surface area contributed by atoms with Crippen LogP contribution in [0.1, 0.15) is 53.4 Å². The molecule has 1 aliphatic heterocycles. The zero-order chi connectivity index (χ0) is 16.9. The van der Waals surface area contributed by atoms with Gasteiger partial charge < -0.3 is 14.4 Å². The fraction of sp³-hybridized carbons (Fsp3) is 0.611. The van der Waals surface area contributed by atoms with E-state index in [9.17, 15) is 4.79 Å². The molecule has 1 amide bonds. The lowest BCUT2D eigenvalue weighted by Gasteiger charge is -2.34. The Morgan fingerprint density at radius 2 is 2.00 bits per heavy atom. The van der Waals surface area contributed by atoms with Crippen molar-refractivity contribution in [2.75, 3.05) is 19.7 Å². The van der Waals surface area contributed by atoms with Gasteiger partial charge in [0.15, 0.2) is 0 Å². The van der Waals surface area contributed by atoms with E-state index >= 15 is 0 Å². The van der Waals surface area contributed by atoms with Gasteiger partial charge in [0.05, 0.1) is 6.61 Å². The van der Waals surface area contributed by atoms with E-state index < -0.39 is 5.60 Å². The fourth-order valence-corrected chi connectivity index (χ4v) is 2.76. The molecule has 0 aliphatic carbocycles. The highest BCUT2D eigenvalue weighted by Gasteiger charge is 2.28. The van der Waals surface area contributed by atoms with Crippen molar-refractivity contribution in [2.45, 2.75) is 52.0 Å². The Morgan fingerprint density at radius 3 is 2.64 bits per heavy atom. The van der Waals surface area contributed by atoms with E-state index in [2.05, 4.69) is 6.07 Å². The normalized spacial score (nSPS) is 17.0. The summed E-state index contributed by atoms with van der Waals surface area (Å²) >= 11 is 0. The minimum Gasteiger partial charge on any atom is -0.494 e. The molecule has 0 radical (unpaired) electrons. The topological polar surface area (TPSA) is 38.8 Å². The second-order valence-corrected chi connectivity index (χ2v) is 6.63. The molecule has 1 fully saturated rings. The number of benzene rings is 1. The van der Waals surface area contributed by atoms with Crippen LogP contribution >= 0.6 is 0 Å². The molecule has 0 aromatic heterocycles. The SMILES string of the molecule is [3H]CCOc1ccccc1C1CCN(C(=O)OC(C)(C)C)CC1. The molecule has 4 heteroatoms. The third-order valence-electron chi connectivity index (χ3n) is 3.76. The number of nitrogens with zero attached hydrogens (tertiary/aromatic N) is 1. The number of amides is 1. The number of piperidine rings is 1. The van der Waals surface area contributed by atoms with Crippen molar-refractivity contribution in [3.63, 3.8) is 0 Å². The number of hydrogen-bond acceptors (Lipinski definition) is 3. The number of hydrogen-bond donors (Lipinski definition) is 0. The van der Waals surface area contributed by atoms with Gasteiger partial charge in [0, 0.05) is 14.5 Å². The Labute approximate surface area is 134 Å². The van der Waals surface area contributed by atoms with Gasteiger partial charge >= 0.3 is 6.09 Å². The van der Waals surface area contributed by atoms with E-state index in [4.69, 9.17) is 10.8 Å². The van der Waals surface area contributed by atoms with E-state index in [0.29, 0.717) is 25.6 Å². The van der Waals surface area contributed by atoms with Gasteiger partial charge in [-0.25, -0.2) is 4.79 Å². The highest BCUT2D eigenvalue weighted by atomic mass is 16.6. The average molecular weight is 307 g/mol. The molecule has 1 heterocycles. The van der Waals surface area contributed by atoms with E-state index in [0.717, 1.165) is 18.6 Å². The third kappa shape index (κ3) is 4.39. The number of rotatable bonds is 3. The summed E-state index contributed by atoms with van der Waals surface area (Å²) in [4.78, 5) is 13.9. The van der Waals surface area contributed by atoms with Crippen LogP contribution in [0.5, 0.6) is 5.75 Å². The van der Waals surface area contributed by atoms with Crippen molar-refractivity contribution in [1.82, 2.24) is 4.90 Å². The van der Waals surface area contributed by atoms with Crippen molar-refractivity contribution >= 4 is 6.09 Å². The van der Waals surface area contributed by atoms with Crippen LogP contribution in [0, 0.1) is 0 Å². The monoisotopic (exact) mass is 307 g/mol. The van der Waals surface area contributed by atoms with Crippen LogP contribution in [-0.4, -0.2) is 36.3 Å². The van der Waals surface area contributed by atoms with Crippen molar-refractivity contribution in [3.8, 4) is 5.75 Å². The molecule has 0 unspecified atom stereocenters. The molecule has 22 heavy (non-hydrogen) atoms. The quantitative estimate of drug-likeness (QED) is 0.840. The zero-order valence-electron chi connectivity index (χ0n) is 14.8. The molecule has 0 atom stereocenters. The molecular formula is C18H27NO3. The highest BCUT2D eigenvalue weighted by Crippen LogP contribution is 2.34. The van der Waals surface area contributed by atoms with E-state index in [1.807, 2.05) is 39.0 Å². The fourth-order valence-electron chi connectivity index (χ4n) is 2.76. The Balaban J connectivity index is 1.95. The molecule has 4 nitrogen and oxygen atoms in total. The highest BCUT2D eigenvalue weighted by molar-refractivity contribution is 5.68. The Bertz CT molecular complexity index is 519. The van der Waals surface area contributed by atoms with Crippen molar-refractivity contribution < 1.29 is 15.6 Å². The first kappa shape index (κ1) is 15.2. The summed E-state index contributed by atoms with van der Waals surface area (Å²) in [5.41, 5.74) is 0.731. The molecule has 1 aromatic carbocycles.